The van der Waals surface area contributed by atoms with E-state index in [0.29, 0.717) is 5.56 Å². The maximum absolute atomic E-state index is 12.3. The molecule has 0 radical (unpaired) electrons. The van der Waals surface area contributed by atoms with Crippen LogP contribution in [0.25, 0.3) is 10.9 Å². The molecule has 3 rings (SSSR count). The number of aromatic amines is 1. The average Bonchev–Trinajstić information content (AvgIpc) is 3.10. The van der Waals surface area contributed by atoms with Gasteiger partial charge in [-0.3, -0.25) is 4.79 Å². The fourth-order valence-corrected chi connectivity index (χ4v) is 3.03. The van der Waals surface area contributed by atoms with Gasteiger partial charge in [0.05, 0.1) is 5.56 Å². The number of amides is 1. The Balaban J connectivity index is 1.67. The van der Waals surface area contributed by atoms with Crippen LogP contribution >= 0.6 is 0 Å². The van der Waals surface area contributed by atoms with E-state index in [1.165, 1.54) is 0 Å². The molecule has 26 heavy (non-hydrogen) atoms. The molecule has 1 heterocycles. The number of nitrogens with one attached hydrogen (secondary N) is 2. The normalized spacial score (nSPS) is 10.7. The third-order valence-electron chi connectivity index (χ3n) is 4.41. The van der Waals surface area contributed by atoms with E-state index in [4.69, 9.17) is 4.74 Å². The number of H-pyrrole nitrogens is 1. The highest BCUT2D eigenvalue weighted by Crippen LogP contribution is 2.23. The van der Waals surface area contributed by atoms with Crippen LogP contribution in [0.15, 0.2) is 48.7 Å². The minimum atomic E-state index is -0.517. The van der Waals surface area contributed by atoms with Crippen LogP contribution in [0.1, 0.15) is 35.3 Å². The van der Waals surface area contributed by atoms with Crippen molar-refractivity contribution in [3.8, 4) is 0 Å². The minimum absolute atomic E-state index is 0.320. The summed E-state index contributed by atoms with van der Waals surface area (Å²) in [6.45, 7) is 3.77. The molecule has 0 fully saturated rings. The lowest BCUT2D eigenvalue weighted by molar-refractivity contribution is -0.119. The van der Waals surface area contributed by atoms with E-state index in [1.807, 2.05) is 56.3 Å². The lowest BCUT2D eigenvalue weighted by Gasteiger charge is -2.14. The van der Waals surface area contributed by atoms with Crippen molar-refractivity contribution in [1.82, 2.24) is 4.98 Å². The van der Waals surface area contributed by atoms with Crippen molar-refractivity contribution >= 4 is 28.5 Å². The number of fused-ring (bicyclic) bond motifs is 1. The number of carbonyl (C=O) groups is 2. The van der Waals surface area contributed by atoms with Gasteiger partial charge >= 0.3 is 5.97 Å². The first-order valence-electron chi connectivity index (χ1n) is 8.77. The fourth-order valence-electron chi connectivity index (χ4n) is 3.03. The van der Waals surface area contributed by atoms with Crippen molar-refractivity contribution in [2.75, 3.05) is 11.9 Å². The fraction of sp³-hybridized carbons (Fsp3) is 0.238. The number of ether oxygens (including phenoxy) is 1. The topological polar surface area (TPSA) is 71.2 Å². The number of rotatable bonds is 6. The summed E-state index contributed by atoms with van der Waals surface area (Å²) in [5.74, 6) is -0.856. The first kappa shape index (κ1) is 17.7. The van der Waals surface area contributed by atoms with Gasteiger partial charge in [-0.25, -0.2) is 4.79 Å². The second kappa shape index (κ2) is 7.87. The number of benzene rings is 2. The largest absolute Gasteiger partial charge is 0.452 e. The number of anilines is 1. The van der Waals surface area contributed by atoms with Gasteiger partial charge in [0.15, 0.2) is 6.61 Å². The van der Waals surface area contributed by atoms with E-state index in [0.717, 1.165) is 40.6 Å². The summed E-state index contributed by atoms with van der Waals surface area (Å²) in [4.78, 5) is 27.6. The molecule has 2 N–H and O–H groups in total. The predicted molar refractivity (Wildman–Crippen MR) is 102 cm³/mol. The van der Waals surface area contributed by atoms with Crippen LogP contribution in [-0.2, 0) is 22.4 Å². The molecule has 0 aliphatic heterocycles. The first-order chi connectivity index (χ1) is 12.6. The van der Waals surface area contributed by atoms with Crippen LogP contribution in [-0.4, -0.2) is 23.5 Å². The summed E-state index contributed by atoms with van der Waals surface area (Å²) in [6.07, 6.45) is 3.24. The van der Waals surface area contributed by atoms with Crippen LogP contribution in [0, 0.1) is 0 Å². The van der Waals surface area contributed by atoms with Crippen LogP contribution < -0.4 is 5.32 Å². The van der Waals surface area contributed by atoms with Crippen molar-refractivity contribution < 1.29 is 14.3 Å². The lowest BCUT2D eigenvalue weighted by Crippen LogP contribution is -2.22. The monoisotopic (exact) mass is 350 g/mol. The summed E-state index contributed by atoms with van der Waals surface area (Å²) < 4.78 is 5.20. The highest BCUT2D eigenvalue weighted by molar-refractivity contribution is 6.05. The maximum Gasteiger partial charge on any atom is 0.340 e. The molecule has 1 amide bonds. The molecule has 0 aliphatic rings. The third-order valence-corrected chi connectivity index (χ3v) is 4.41. The van der Waals surface area contributed by atoms with Gasteiger partial charge in [0, 0.05) is 22.8 Å². The molecule has 5 heteroatoms. The SMILES string of the molecule is CCc1cccc(CC)c1NC(=O)COC(=O)c1c[nH]c2ccccc12. The molecule has 0 unspecified atom stereocenters. The van der Waals surface area contributed by atoms with E-state index in [2.05, 4.69) is 10.3 Å². The molecule has 1 aromatic heterocycles. The predicted octanol–water partition coefficient (Wildman–Crippen LogP) is 4.09. The third kappa shape index (κ3) is 3.61. The molecule has 3 aromatic rings. The summed E-state index contributed by atoms with van der Waals surface area (Å²) in [5.41, 5.74) is 4.25. The van der Waals surface area contributed by atoms with E-state index < -0.39 is 5.97 Å². The summed E-state index contributed by atoms with van der Waals surface area (Å²) in [6, 6.07) is 13.4. The number of aryl methyl sites for hydroxylation is 2. The van der Waals surface area contributed by atoms with Gasteiger partial charge in [0.25, 0.3) is 5.91 Å². The minimum Gasteiger partial charge on any atom is -0.452 e. The Kier molecular flexibility index (Phi) is 5.37. The molecule has 5 nitrogen and oxygen atoms in total. The summed E-state index contributed by atoms with van der Waals surface area (Å²) in [5, 5.41) is 3.67. The highest BCUT2D eigenvalue weighted by Gasteiger charge is 2.16. The number of esters is 1. The van der Waals surface area contributed by atoms with E-state index in [-0.39, 0.29) is 12.5 Å². The zero-order valence-electron chi connectivity index (χ0n) is 15.0. The summed E-state index contributed by atoms with van der Waals surface area (Å²) >= 11 is 0. The highest BCUT2D eigenvalue weighted by atomic mass is 16.5. The molecule has 0 bridgehead atoms. The maximum atomic E-state index is 12.3. The van der Waals surface area contributed by atoms with Crippen LogP contribution in [0.4, 0.5) is 5.69 Å². The Bertz CT molecular complexity index is 921. The Labute approximate surface area is 152 Å². The molecular weight excluding hydrogens is 328 g/mol. The molecule has 134 valence electrons. The Morgan fingerprint density at radius 2 is 1.69 bits per heavy atom. The van der Waals surface area contributed by atoms with E-state index in [9.17, 15) is 9.59 Å². The molecule has 0 atom stereocenters. The second-order valence-corrected chi connectivity index (χ2v) is 6.03. The second-order valence-electron chi connectivity index (χ2n) is 6.03. The molecular formula is C21H22N2O3. The molecule has 0 aliphatic carbocycles. The number of carbonyl (C=O) groups excluding carboxylic acids is 2. The standard InChI is InChI=1S/C21H22N2O3/c1-3-14-8-7-9-15(4-2)20(14)23-19(24)13-26-21(25)17-12-22-18-11-6-5-10-16(17)18/h5-12,22H,3-4,13H2,1-2H3,(H,23,24). The molecule has 0 spiro atoms. The van der Waals surface area contributed by atoms with Crippen molar-refractivity contribution in [3.05, 3.63) is 65.4 Å². The van der Waals surface area contributed by atoms with Gasteiger partial charge in [-0.05, 0) is 30.0 Å². The Morgan fingerprint density at radius 1 is 1.00 bits per heavy atom. The number of para-hydroxylation sites is 2. The lowest BCUT2D eigenvalue weighted by atomic mass is 10.0. The van der Waals surface area contributed by atoms with Gasteiger partial charge in [0.2, 0.25) is 0 Å². The Hall–Kier alpha value is -3.08. The zero-order chi connectivity index (χ0) is 18.5. The smallest absolute Gasteiger partial charge is 0.340 e. The van der Waals surface area contributed by atoms with E-state index >= 15 is 0 Å². The first-order valence-corrected chi connectivity index (χ1v) is 8.77. The van der Waals surface area contributed by atoms with Crippen molar-refractivity contribution in [2.45, 2.75) is 26.7 Å². The molecule has 0 saturated carbocycles. The Morgan fingerprint density at radius 3 is 2.38 bits per heavy atom. The van der Waals surface area contributed by atoms with Crippen LogP contribution in [0.5, 0.6) is 0 Å². The number of hydrogen-bond acceptors (Lipinski definition) is 3. The quantitative estimate of drug-likeness (QED) is 0.658. The number of aromatic nitrogens is 1. The average molecular weight is 350 g/mol. The van der Waals surface area contributed by atoms with Gasteiger partial charge in [-0.15, -0.1) is 0 Å². The summed E-state index contributed by atoms with van der Waals surface area (Å²) in [7, 11) is 0. The zero-order valence-corrected chi connectivity index (χ0v) is 15.0. The van der Waals surface area contributed by atoms with E-state index in [1.54, 1.807) is 6.20 Å². The van der Waals surface area contributed by atoms with Gasteiger partial charge in [-0.2, -0.15) is 0 Å². The van der Waals surface area contributed by atoms with Crippen LogP contribution in [0.3, 0.4) is 0 Å². The van der Waals surface area contributed by atoms with Crippen molar-refractivity contribution in [2.24, 2.45) is 0 Å². The van der Waals surface area contributed by atoms with Crippen LogP contribution in [0.2, 0.25) is 0 Å². The van der Waals surface area contributed by atoms with Gasteiger partial charge < -0.3 is 15.0 Å². The number of hydrogen-bond donors (Lipinski definition) is 2. The molecule has 2 aromatic carbocycles. The molecule has 0 saturated heterocycles. The van der Waals surface area contributed by atoms with Gasteiger partial charge in [-0.1, -0.05) is 50.2 Å². The van der Waals surface area contributed by atoms with Crippen molar-refractivity contribution in [1.29, 1.82) is 0 Å². The van der Waals surface area contributed by atoms with Gasteiger partial charge in [0.1, 0.15) is 0 Å². The van der Waals surface area contributed by atoms with Crippen molar-refractivity contribution in [3.63, 3.8) is 0 Å².